The van der Waals surface area contributed by atoms with Crippen LogP contribution in [0.5, 0.6) is 5.75 Å². The standard InChI is InChI=1S/C15H17N3O4/c1-17-5-4-16-13(17)9-18(2)14(19)10-6-11(15(20)21)8-12(7-10)22-3/h4-8H,9H2,1-3H3,(H,20,21). The fourth-order valence-electron chi connectivity index (χ4n) is 2.02. The molecule has 1 amide bonds. The molecule has 1 aromatic heterocycles. The number of hydrogen-bond donors (Lipinski definition) is 1. The fourth-order valence-corrected chi connectivity index (χ4v) is 2.02. The van der Waals surface area contributed by atoms with Gasteiger partial charge in [0, 0.05) is 32.1 Å². The van der Waals surface area contributed by atoms with Crippen molar-refractivity contribution in [1.29, 1.82) is 0 Å². The Morgan fingerprint density at radius 2 is 2.00 bits per heavy atom. The van der Waals surface area contributed by atoms with Crippen LogP contribution in [0.15, 0.2) is 30.6 Å². The van der Waals surface area contributed by atoms with Gasteiger partial charge < -0.3 is 19.3 Å². The molecule has 0 spiro atoms. The van der Waals surface area contributed by atoms with Crippen molar-refractivity contribution in [2.45, 2.75) is 6.54 Å². The van der Waals surface area contributed by atoms with E-state index in [2.05, 4.69) is 4.98 Å². The molecule has 22 heavy (non-hydrogen) atoms. The summed E-state index contributed by atoms with van der Waals surface area (Å²) in [5.41, 5.74) is 0.265. The maximum atomic E-state index is 12.5. The molecule has 0 bridgehead atoms. The summed E-state index contributed by atoms with van der Waals surface area (Å²) in [6.45, 7) is 0.321. The average molecular weight is 303 g/mol. The highest BCUT2D eigenvalue weighted by molar-refractivity contribution is 5.98. The molecule has 7 heteroatoms. The molecule has 0 saturated carbocycles. The molecule has 0 fully saturated rings. The number of carbonyl (C=O) groups is 2. The minimum atomic E-state index is -1.11. The van der Waals surface area contributed by atoms with Crippen LogP contribution in [0.3, 0.4) is 0 Å². The van der Waals surface area contributed by atoms with Gasteiger partial charge in [-0.25, -0.2) is 9.78 Å². The molecule has 1 heterocycles. The van der Waals surface area contributed by atoms with Crippen LogP contribution in [-0.2, 0) is 13.6 Å². The Hall–Kier alpha value is -2.83. The van der Waals surface area contributed by atoms with Crippen molar-refractivity contribution in [2.24, 2.45) is 7.05 Å². The summed E-state index contributed by atoms with van der Waals surface area (Å²) in [5.74, 6) is -0.352. The molecule has 2 aromatic rings. The summed E-state index contributed by atoms with van der Waals surface area (Å²) in [4.78, 5) is 29.2. The van der Waals surface area contributed by atoms with Gasteiger partial charge in [-0.15, -0.1) is 0 Å². The van der Waals surface area contributed by atoms with E-state index in [4.69, 9.17) is 9.84 Å². The van der Waals surface area contributed by atoms with E-state index >= 15 is 0 Å². The molecule has 0 saturated heterocycles. The molecule has 2 rings (SSSR count). The van der Waals surface area contributed by atoms with Crippen molar-refractivity contribution in [3.05, 3.63) is 47.5 Å². The molecular weight excluding hydrogens is 286 g/mol. The molecular formula is C15H17N3O4. The maximum absolute atomic E-state index is 12.5. The van der Waals surface area contributed by atoms with Crippen LogP contribution < -0.4 is 4.74 Å². The Balaban J connectivity index is 2.26. The Morgan fingerprint density at radius 1 is 1.32 bits per heavy atom. The van der Waals surface area contributed by atoms with Crippen LogP contribution in [0.4, 0.5) is 0 Å². The maximum Gasteiger partial charge on any atom is 0.335 e. The van der Waals surface area contributed by atoms with E-state index in [0.29, 0.717) is 12.3 Å². The summed E-state index contributed by atoms with van der Waals surface area (Å²) in [7, 11) is 4.90. The Bertz CT molecular complexity index is 709. The average Bonchev–Trinajstić information content (AvgIpc) is 2.90. The summed E-state index contributed by atoms with van der Waals surface area (Å²) in [6.07, 6.45) is 3.45. The van der Waals surface area contributed by atoms with E-state index in [-0.39, 0.29) is 17.0 Å². The van der Waals surface area contributed by atoms with Gasteiger partial charge in [-0.2, -0.15) is 0 Å². The summed E-state index contributed by atoms with van der Waals surface area (Å²) in [5, 5.41) is 9.10. The molecule has 7 nitrogen and oxygen atoms in total. The SMILES string of the molecule is COc1cc(C(=O)O)cc(C(=O)N(C)Cc2nccn2C)c1. The first-order valence-electron chi connectivity index (χ1n) is 6.56. The number of carboxylic acid groups (broad SMARTS) is 1. The van der Waals surface area contributed by atoms with Crippen molar-refractivity contribution in [2.75, 3.05) is 14.2 Å². The molecule has 116 valence electrons. The first-order valence-corrected chi connectivity index (χ1v) is 6.56. The monoisotopic (exact) mass is 303 g/mol. The van der Waals surface area contributed by atoms with Crippen LogP contribution >= 0.6 is 0 Å². The van der Waals surface area contributed by atoms with Crippen molar-refractivity contribution in [1.82, 2.24) is 14.5 Å². The van der Waals surface area contributed by atoms with Crippen molar-refractivity contribution < 1.29 is 19.4 Å². The van der Waals surface area contributed by atoms with Crippen LogP contribution in [0, 0.1) is 0 Å². The van der Waals surface area contributed by atoms with E-state index < -0.39 is 5.97 Å². The second-order valence-electron chi connectivity index (χ2n) is 4.87. The summed E-state index contributed by atoms with van der Waals surface area (Å²) >= 11 is 0. The number of aryl methyl sites for hydroxylation is 1. The number of benzene rings is 1. The summed E-state index contributed by atoms with van der Waals surface area (Å²) < 4.78 is 6.87. The van der Waals surface area contributed by atoms with Crippen LogP contribution in [0.25, 0.3) is 0 Å². The third-order valence-corrected chi connectivity index (χ3v) is 3.28. The minimum absolute atomic E-state index is 0.00749. The second kappa shape index (κ2) is 6.30. The van der Waals surface area contributed by atoms with Gasteiger partial charge in [-0.1, -0.05) is 0 Å². The quantitative estimate of drug-likeness (QED) is 0.902. The topological polar surface area (TPSA) is 84.7 Å². The number of nitrogens with zero attached hydrogens (tertiary/aromatic N) is 3. The Labute approximate surface area is 127 Å². The highest BCUT2D eigenvalue weighted by Gasteiger charge is 2.17. The number of aromatic carboxylic acids is 1. The number of amides is 1. The molecule has 0 aliphatic heterocycles. The number of aromatic nitrogens is 2. The zero-order valence-electron chi connectivity index (χ0n) is 12.6. The lowest BCUT2D eigenvalue weighted by Crippen LogP contribution is -2.27. The highest BCUT2D eigenvalue weighted by Crippen LogP contribution is 2.19. The molecule has 1 aromatic carbocycles. The van der Waals surface area contributed by atoms with Gasteiger partial charge in [-0.05, 0) is 18.2 Å². The van der Waals surface area contributed by atoms with Crippen molar-refractivity contribution >= 4 is 11.9 Å². The zero-order valence-corrected chi connectivity index (χ0v) is 12.6. The fraction of sp³-hybridized carbons (Fsp3) is 0.267. The highest BCUT2D eigenvalue weighted by atomic mass is 16.5. The first-order chi connectivity index (χ1) is 10.4. The van der Waals surface area contributed by atoms with Gasteiger partial charge >= 0.3 is 5.97 Å². The zero-order chi connectivity index (χ0) is 16.3. The van der Waals surface area contributed by atoms with E-state index in [9.17, 15) is 9.59 Å². The molecule has 0 unspecified atom stereocenters. The normalized spacial score (nSPS) is 10.3. The van der Waals surface area contributed by atoms with Crippen molar-refractivity contribution in [3.8, 4) is 5.75 Å². The molecule has 1 N–H and O–H groups in total. The third kappa shape index (κ3) is 3.25. The Kier molecular flexibility index (Phi) is 4.45. The molecule has 0 atom stereocenters. The molecule has 0 aliphatic carbocycles. The lowest BCUT2D eigenvalue weighted by molar-refractivity contribution is 0.0696. The first kappa shape index (κ1) is 15.6. The number of hydrogen-bond acceptors (Lipinski definition) is 4. The Morgan fingerprint density at radius 3 is 2.55 bits per heavy atom. The van der Waals surface area contributed by atoms with Gasteiger partial charge in [0.1, 0.15) is 11.6 Å². The number of rotatable bonds is 5. The van der Waals surface area contributed by atoms with Gasteiger partial charge in [0.2, 0.25) is 0 Å². The summed E-state index contributed by atoms with van der Waals surface area (Å²) in [6, 6.07) is 4.23. The minimum Gasteiger partial charge on any atom is -0.497 e. The van der Waals surface area contributed by atoms with E-state index in [0.717, 1.165) is 5.82 Å². The van der Waals surface area contributed by atoms with Gasteiger partial charge in [0.05, 0.1) is 19.2 Å². The predicted molar refractivity (Wildman–Crippen MR) is 79.0 cm³/mol. The number of methoxy groups -OCH3 is 1. The van der Waals surface area contributed by atoms with E-state index in [1.54, 1.807) is 19.4 Å². The van der Waals surface area contributed by atoms with Crippen LogP contribution in [0.2, 0.25) is 0 Å². The predicted octanol–water partition coefficient (Wildman–Crippen LogP) is 1.40. The largest absolute Gasteiger partial charge is 0.497 e. The molecule has 0 radical (unpaired) electrons. The van der Waals surface area contributed by atoms with E-state index in [1.807, 2.05) is 11.6 Å². The lowest BCUT2D eigenvalue weighted by Gasteiger charge is -2.17. The van der Waals surface area contributed by atoms with Gasteiger partial charge in [0.15, 0.2) is 0 Å². The third-order valence-electron chi connectivity index (χ3n) is 3.28. The van der Waals surface area contributed by atoms with Crippen molar-refractivity contribution in [3.63, 3.8) is 0 Å². The molecule has 0 aliphatic rings. The lowest BCUT2D eigenvalue weighted by atomic mass is 10.1. The number of carboxylic acids is 1. The van der Waals surface area contributed by atoms with E-state index in [1.165, 1.54) is 30.2 Å². The van der Waals surface area contributed by atoms with Gasteiger partial charge in [-0.3, -0.25) is 4.79 Å². The number of imidazole rings is 1. The smallest absolute Gasteiger partial charge is 0.335 e. The second-order valence-corrected chi connectivity index (χ2v) is 4.87. The number of carbonyl (C=O) groups excluding carboxylic acids is 1. The number of ether oxygens (including phenoxy) is 1. The van der Waals surface area contributed by atoms with Crippen LogP contribution in [-0.4, -0.2) is 45.6 Å². The van der Waals surface area contributed by atoms with Crippen LogP contribution in [0.1, 0.15) is 26.5 Å². The van der Waals surface area contributed by atoms with Gasteiger partial charge in [0.25, 0.3) is 5.91 Å².